The van der Waals surface area contributed by atoms with Gasteiger partial charge in [-0.2, -0.15) is 0 Å². The normalized spacial score (nSPS) is 20.2. The number of benzene rings is 1. The summed E-state index contributed by atoms with van der Waals surface area (Å²) in [4.78, 5) is 49.4. The van der Waals surface area contributed by atoms with E-state index in [9.17, 15) is 19.2 Å². The summed E-state index contributed by atoms with van der Waals surface area (Å²) < 4.78 is 0. The molecule has 2 aliphatic heterocycles. The maximum atomic E-state index is 12.6. The average Bonchev–Trinajstić information content (AvgIpc) is 2.85. The van der Waals surface area contributed by atoms with E-state index in [1.807, 2.05) is 0 Å². The van der Waals surface area contributed by atoms with Gasteiger partial charge in [-0.3, -0.25) is 24.5 Å². The summed E-state index contributed by atoms with van der Waals surface area (Å²) in [5.41, 5.74) is 1.79. The van der Waals surface area contributed by atoms with Crippen molar-refractivity contribution in [2.24, 2.45) is 5.92 Å². The van der Waals surface area contributed by atoms with Crippen LogP contribution in [-0.4, -0.2) is 34.6 Å². The van der Waals surface area contributed by atoms with Crippen LogP contribution in [0.1, 0.15) is 42.6 Å². The number of fused-ring (bicyclic) bond motifs is 1. The van der Waals surface area contributed by atoms with Crippen molar-refractivity contribution in [1.29, 1.82) is 0 Å². The lowest BCUT2D eigenvalue weighted by Crippen LogP contribution is -2.52. The Bertz CT molecular complexity index is 741. The van der Waals surface area contributed by atoms with Crippen LogP contribution < -0.4 is 10.6 Å². The molecule has 1 fully saturated rings. The van der Waals surface area contributed by atoms with Crippen molar-refractivity contribution < 1.29 is 19.2 Å². The maximum Gasteiger partial charge on any atom is 0.255 e. The molecular formula is C17H19N3O4. The molecule has 3 rings (SSSR count). The van der Waals surface area contributed by atoms with Crippen LogP contribution in [0.3, 0.4) is 0 Å². The summed E-state index contributed by atoms with van der Waals surface area (Å²) in [6.45, 7) is 3.83. The summed E-state index contributed by atoms with van der Waals surface area (Å²) in [6.07, 6.45) is 0.533. The number of nitrogens with one attached hydrogen (secondary N) is 2. The van der Waals surface area contributed by atoms with E-state index < -0.39 is 11.9 Å². The smallest absolute Gasteiger partial charge is 0.255 e. The highest BCUT2D eigenvalue weighted by atomic mass is 16.2. The number of nitrogens with zero attached hydrogens (tertiary/aromatic N) is 1. The molecule has 7 heteroatoms. The molecule has 0 radical (unpaired) electrons. The Morgan fingerprint density at radius 3 is 2.71 bits per heavy atom. The number of piperidine rings is 1. The topological polar surface area (TPSA) is 95.6 Å². The number of carbonyl (C=O) groups excluding carboxylic acids is 4. The molecular weight excluding hydrogens is 310 g/mol. The molecule has 1 aromatic carbocycles. The van der Waals surface area contributed by atoms with Gasteiger partial charge in [-0.25, -0.2) is 0 Å². The summed E-state index contributed by atoms with van der Waals surface area (Å²) >= 11 is 0. The lowest BCUT2D eigenvalue weighted by atomic mass is 10.0. The Morgan fingerprint density at radius 1 is 1.29 bits per heavy atom. The van der Waals surface area contributed by atoms with E-state index >= 15 is 0 Å². The van der Waals surface area contributed by atoms with Gasteiger partial charge < -0.3 is 10.2 Å². The Kier molecular flexibility index (Phi) is 4.09. The Hall–Kier alpha value is -2.70. The zero-order valence-corrected chi connectivity index (χ0v) is 13.6. The van der Waals surface area contributed by atoms with E-state index in [2.05, 4.69) is 10.6 Å². The minimum atomic E-state index is -0.656. The van der Waals surface area contributed by atoms with E-state index in [0.717, 1.165) is 0 Å². The SMILES string of the molecule is CC(C)C(=O)Nc1cccc2c1CN(C1CCC(=O)NC1=O)C2=O. The zero-order chi connectivity index (χ0) is 17.4. The van der Waals surface area contributed by atoms with Crippen molar-refractivity contribution in [3.63, 3.8) is 0 Å². The second-order valence-corrected chi connectivity index (χ2v) is 6.38. The quantitative estimate of drug-likeness (QED) is 0.810. The second kappa shape index (κ2) is 6.07. The van der Waals surface area contributed by atoms with Gasteiger partial charge in [-0.1, -0.05) is 19.9 Å². The molecule has 24 heavy (non-hydrogen) atoms. The molecule has 126 valence electrons. The molecule has 1 unspecified atom stereocenters. The van der Waals surface area contributed by atoms with Crippen molar-refractivity contribution in [2.75, 3.05) is 5.32 Å². The lowest BCUT2D eigenvalue weighted by Gasteiger charge is -2.29. The first-order chi connectivity index (χ1) is 11.4. The van der Waals surface area contributed by atoms with Crippen LogP contribution in [0.4, 0.5) is 5.69 Å². The van der Waals surface area contributed by atoms with E-state index in [-0.39, 0.29) is 36.6 Å². The van der Waals surface area contributed by atoms with Crippen LogP contribution in [0.5, 0.6) is 0 Å². The van der Waals surface area contributed by atoms with Crippen LogP contribution in [0.15, 0.2) is 18.2 Å². The third-order valence-electron chi connectivity index (χ3n) is 4.36. The maximum absolute atomic E-state index is 12.6. The molecule has 0 bridgehead atoms. The summed E-state index contributed by atoms with van der Waals surface area (Å²) in [7, 11) is 0. The van der Waals surface area contributed by atoms with Crippen LogP contribution in [0, 0.1) is 5.92 Å². The highest BCUT2D eigenvalue weighted by Gasteiger charge is 2.39. The molecule has 7 nitrogen and oxygen atoms in total. The molecule has 0 saturated carbocycles. The third-order valence-corrected chi connectivity index (χ3v) is 4.36. The van der Waals surface area contributed by atoms with Gasteiger partial charge in [0.05, 0.1) is 0 Å². The minimum Gasteiger partial charge on any atom is -0.326 e. The number of anilines is 1. The summed E-state index contributed by atoms with van der Waals surface area (Å²) in [5.74, 6) is -1.31. The molecule has 2 N–H and O–H groups in total. The number of carbonyl (C=O) groups is 4. The Balaban J connectivity index is 1.86. The molecule has 1 aromatic rings. The first-order valence-corrected chi connectivity index (χ1v) is 7.96. The van der Waals surface area contributed by atoms with Crippen LogP contribution in [0.2, 0.25) is 0 Å². The van der Waals surface area contributed by atoms with E-state index in [1.54, 1.807) is 32.0 Å². The lowest BCUT2D eigenvalue weighted by molar-refractivity contribution is -0.137. The van der Waals surface area contributed by atoms with Crippen molar-refractivity contribution in [1.82, 2.24) is 10.2 Å². The fourth-order valence-corrected chi connectivity index (χ4v) is 2.98. The third kappa shape index (κ3) is 2.77. The van der Waals surface area contributed by atoms with Gasteiger partial charge in [-0.15, -0.1) is 0 Å². The second-order valence-electron chi connectivity index (χ2n) is 6.38. The van der Waals surface area contributed by atoms with Gasteiger partial charge in [0.25, 0.3) is 5.91 Å². The van der Waals surface area contributed by atoms with Crippen molar-refractivity contribution in [2.45, 2.75) is 39.3 Å². The first-order valence-electron chi connectivity index (χ1n) is 7.96. The van der Waals surface area contributed by atoms with Crippen molar-refractivity contribution in [3.8, 4) is 0 Å². The molecule has 2 heterocycles. The predicted molar refractivity (Wildman–Crippen MR) is 86.0 cm³/mol. The minimum absolute atomic E-state index is 0.129. The van der Waals surface area contributed by atoms with E-state index in [1.165, 1.54) is 4.90 Å². The highest BCUT2D eigenvalue weighted by Crippen LogP contribution is 2.32. The highest BCUT2D eigenvalue weighted by molar-refractivity contribution is 6.06. The van der Waals surface area contributed by atoms with Crippen molar-refractivity contribution in [3.05, 3.63) is 29.3 Å². The van der Waals surface area contributed by atoms with Crippen LogP contribution in [0.25, 0.3) is 0 Å². The first kappa shape index (κ1) is 16.2. The molecule has 2 aliphatic rings. The van der Waals surface area contributed by atoms with E-state index in [4.69, 9.17) is 0 Å². The van der Waals surface area contributed by atoms with Gasteiger partial charge in [0.2, 0.25) is 17.7 Å². The molecule has 0 spiro atoms. The summed E-state index contributed by atoms with van der Waals surface area (Å²) in [6, 6.07) is 4.49. The number of rotatable bonds is 3. The van der Waals surface area contributed by atoms with Gasteiger partial charge in [-0.05, 0) is 18.6 Å². The van der Waals surface area contributed by atoms with Crippen LogP contribution in [-0.2, 0) is 20.9 Å². The number of hydrogen-bond donors (Lipinski definition) is 2. The molecule has 1 atom stereocenters. The molecule has 4 amide bonds. The largest absolute Gasteiger partial charge is 0.326 e. The standard InChI is InChI=1S/C17H19N3O4/c1-9(2)15(22)18-12-5-3-4-10-11(12)8-20(17(10)24)13-6-7-14(21)19-16(13)23/h3-5,9,13H,6-8H2,1-2H3,(H,18,22)(H,19,21,23). The van der Waals surface area contributed by atoms with Gasteiger partial charge >= 0.3 is 0 Å². The molecule has 1 saturated heterocycles. The van der Waals surface area contributed by atoms with E-state index in [0.29, 0.717) is 23.2 Å². The number of amides is 4. The fraction of sp³-hybridized carbons (Fsp3) is 0.412. The Morgan fingerprint density at radius 2 is 2.04 bits per heavy atom. The summed E-state index contributed by atoms with van der Waals surface area (Å²) in [5, 5.41) is 5.11. The van der Waals surface area contributed by atoms with Crippen molar-refractivity contribution >= 4 is 29.3 Å². The monoisotopic (exact) mass is 329 g/mol. The number of imide groups is 1. The Labute approximate surface area is 139 Å². The zero-order valence-electron chi connectivity index (χ0n) is 13.6. The average molecular weight is 329 g/mol. The fourth-order valence-electron chi connectivity index (χ4n) is 2.98. The van der Waals surface area contributed by atoms with Crippen LogP contribution >= 0.6 is 0 Å². The molecule has 0 aliphatic carbocycles. The van der Waals surface area contributed by atoms with Gasteiger partial charge in [0.1, 0.15) is 6.04 Å². The predicted octanol–water partition coefficient (Wildman–Crippen LogP) is 1.04. The number of hydrogen-bond acceptors (Lipinski definition) is 4. The van der Waals surface area contributed by atoms with Gasteiger partial charge in [0.15, 0.2) is 0 Å². The van der Waals surface area contributed by atoms with Gasteiger partial charge in [0, 0.05) is 35.7 Å². The molecule has 0 aromatic heterocycles.